The van der Waals surface area contributed by atoms with E-state index in [0.717, 1.165) is 46.6 Å². The third-order valence-electron chi connectivity index (χ3n) is 7.84. The number of phenols is 1. The second kappa shape index (κ2) is 13.4. The van der Waals surface area contributed by atoms with E-state index < -0.39 is 0 Å². The minimum Gasteiger partial charge on any atom is -0.507 e. The second-order valence-electron chi connectivity index (χ2n) is 15.3. The third kappa shape index (κ3) is 9.64. The zero-order valence-corrected chi connectivity index (χ0v) is 27.8. The standard InChI is InChI=1S/C38H54N2O2/c1-27(22-23-36(2,3)4)26-40(31-19-17-30(18-20-31)39-29-14-12-11-13-15-29)34(41)21-16-28-24-32(37(5,6)7)35(42)33(25-28)38(8,9)10/h11-15,17-20,24-25,27,39,42H,16,21-23,26H2,1-10H3. The molecular formula is C38H54N2O2. The van der Waals surface area contributed by atoms with Crippen molar-refractivity contribution in [1.29, 1.82) is 0 Å². The van der Waals surface area contributed by atoms with Crippen LogP contribution < -0.4 is 10.2 Å². The van der Waals surface area contributed by atoms with Crippen molar-refractivity contribution in [1.82, 2.24) is 0 Å². The van der Waals surface area contributed by atoms with E-state index in [2.05, 4.69) is 98.8 Å². The van der Waals surface area contributed by atoms with Crippen molar-refractivity contribution in [2.45, 2.75) is 106 Å². The molecule has 42 heavy (non-hydrogen) atoms. The van der Waals surface area contributed by atoms with Gasteiger partial charge >= 0.3 is 0 Å². The highest BCUT2D eigenvalue weighted by molar-refractivity contribution is 5.93. The van der Waals surface area contributed by atoms with Crippen LogP contribution in [0.1, 0.15) is 105 Å². The average molecular weight is 571 g/mol. The molecule has 3 rings (SSSR count). The highest BCUT2D eigenvalue weighted by Crippen LogP contribution is 2.40. The lowest BCUT2D eigenvalue weighted by Crippen LogP contribution is -2.35. The molecule has 0 aliphatic rings. The normalized spacial score (nSPS) is 13.1. The molecule has 3 aromatic carbocycles. The SMILES string of the molecule is CC(CCC(C)(C)C)CN(C(=O)CCc1cc(C(C)(C)C)c(O)c(C(C)(C)C)c1)c1ccc(Nc2ccccc2)cc1. The molecule has 1 unspecified atom stereocenters. The Hall–Kier alpha value is -3.27. The molecular weight excluding hydrogens is 516 g/mol. The number of para-hydroxylation sites is 1. The number of aromatic hydroxyl groups is 1. The van der Waals surface area contributed by atoms with Gasteiger partial charge in [0.15, 0.2) is 0 Å². The number of hydrogen-bond acceptors (Lipinski definition) is 3. The molecule has 0 aliphatic heterocycles. The molecule has 4 heteroatoms. The summed E-state index contributed by atoms with van der Waals surface area (Å²) in [4.78, 5) is 15.9. The molecule has 0 fully saturated rings. The molecule has 0 spiro atoms. The second-order valence-corrected chi connectivity index (χ2v) is 15.3. The van der Waals surface area contributed by atoms with Crippen molar-refractivity contribution >= 4 is 23.0 Å². The fraction of sp³-hybridized carbons (Fsp3) is 0.500. The quantitative estimate of drug-likeness (QED) is 0.255. The Morgan fingerprint density at radius 1 is 0.810 bits per heavy atom. The summed E-state index contributed by atoms with van der Waals surface area (Å²) < 4.78 is 0. The summed E-state index contributed by atoms with van der Waals surface area (Å²) in [7, 11) is 0. The van der Waals surface area contributed by atoms with Crippen molar-refractivity contribution in [3.8, 4) is 5.75 Å². The Kier molecular flexibility index (Phi) is 10.6. The fourth-order valence-electron chi connectivity index (χ4n) is 5.21. The van der Waals surface area contributed by atoms with Crippen LogP contribution in [0.4, 0.5) is 17.1 Å². The minimum absolute atomic E-state index is 0.129. The Morgan fingerprint density at radius 3 is 1.83 bits per heavy atom. The predicted octanol–water partition coefficient (Wildman–Crippen LogP) is 10.2. The Bertz CT molecular complexity index is 1270. The first-order valence-electron chi connectivity index (χ1n) is 15.5. The number of hydrogen-bond donors (Lipinski definition) is 2. The molecule has 0 aliphatic carbocycles. The van der Waals surface area contributed by atoms with Gasteiger partial charge in [0.05, 0.1) is 0 Å². The third-order valence-corrected chi connectivity index (χ3v) is 7.84. The molecule has 0 heterocycles. The number of carbonyl (C=O) groups excluding carboxylic acids is 1. The lowest BCUT2D eigenvalue weighted by Gasteiger charge is -2.29. The molecule has 1 amide bonds. The highest BCUT2D eigenvalue weighted by Gasteiger charge is 2.27. The van der Waals surface area contributed by atoms with E-state index in [4.69, 9.17) is 0 Å². The van der Waals surface area contributed by atoms with Crippen molar-refractivity contribution in [3.05, 3.63) is 83.4 Å². The number of amides is 1. The molecule has 0 bridgehead atoms. The number of anilines is 3. The maximum atomic E-state index is 13.9. The van der Waals surface area contributed by atoms with Gasteiger partial charge in [-0.05, 0) is 94.5 Å². The molecule has 0 saturated carbocycles. The molecule has 0 radical (unpaired) electrons. The van der Waals surface area contributed by atoms with Crippen LogP contribution in [-0.2, 0) is 22.0 Å². The summed E-state index contributed by atoms with van der Waals surface area (Å²) in [5, 5.41) is 14.6. The van der Waals surface area contributed by atoms with E-state index in [-0.39, 0.29) is 22.2 Å². The minimum atomic E-state index is -0.200. The first-order chi connectivity index (χ1) is 19.4. The lowest BCUT2D eigenvalue weighted by atomic mass is 9.78. The molecule has 1 atom stereocenters. The molecule has 228 valence electrons. The van der Waals surface area contributed by atoms with E-state index in [1.165, 1.54) is 0 Å². The first-order valence-corrected chi connectivity index (χ1v) is 15.5. The van der Waals surface area contributed by atoms with Gasteiger partial charge in [-0.25, -0.2) is 0 Å². The van der Waals surface area contributed by atoms with Crippen LogP contribution in [-0.4, -0.2) is 17.6 Å². The summed E-state index contributed by atoms with van der Waals surface area (Å²) in [6.07, 6.45) is 3.23. The zero-order valence-electron chi connectivity index (χ0n) is 27.8. The number of benzene rings is 3. The molecule has 3 aromatic rings. The van der Waals surface area contributed by atoms with Crippen molar-refractivity contribution in [3.63, 3.8) is 0 Å². The largest absolute Gasteiger partial charge is 0.507 e. The zero-order chi connectivity index (χ0) is 31.3. The van der Waals surface area contributed by atoms with Crippen LogP contribution in [0.2, 0.25) is 0 Å². The molecule has 2 N–H and O–H groups in total. The average Bonchev–Trinajstić information content (AvgIpc) is 2.89. The topological polar surface area (TPSA) is 52.6 Å². The first kappa shape index (κ1) is 33.2. The summed E-state index contributed by atoms with van der Waals surface area (Å²) >= 11 is 0. The number of nitrogens with one attached hydrogen (secondary N) is 1. The highest BCUT2D eigenvalue weighted by atomic mass is 16.3. The van der Waals surface area contributed by atoms with Crippen LogP contribution >= 0.6 is 0 Å². The Balaban J connectivity index is 1.85. The van der Waals surface area contributed by atoms with Gasteiger partial charge in [-0.3, -0.25) is 4.79 Å². The maximum Gasteiger partial charge on any atom is 0.227 e. The number of phenolic OH excluding ortho intramolecular Hbond substituents is 1. The summed E-state index contributed by atoms with van der Waals surface area (Å²) in [5.74, 6) is 0.886. The van der Waals surface area contributed by atoms with E-state index in [9.17, 15) is 9.90 Å². The number of aryl methyl sites for hydroxylation is 1. The van der Waals surface area contributed by atoms with Crippen LogP contribution in [0.25, 0.3) is 0 Å². The predicted molar refractivity (Wildman–Crippen MR) is 180 cm³/mol. The van der Waals surface area contributed by atoms with Gasteiger partial charge in [-0.2, -0.15) is 0 Å². The summed E-state index contributed by atoms with van der Waals surface area (Å²) in [5.41, 5.74) is 5.79. The van der Waals surface area contributed by atoms with Crippen LogP contribution in [0.3, 0.4) is 0 Å². The molecule has 0 saturated heterocycles. The van der Waals surface area contributed by atoms with Gasteiger partial charge in [0.25, 0.3) is 0 Å². The number of carbonyl (C=O) groups is 1. The number of rotatable bonds is 10. The van der Waals surface area contributed by atoms with Gasteiger partial charge in [0, 0.05) is 30.0 Å². The number of nitrogens with zero attached hydrogens (tertiary/aromatic N) is 1. The smallest absolute Gasteiger partial charge is 0.227 e. The van der Waals surface area contributed by atoms with Gasteiger partial charge in [-0.1, -0.05) is 99.6 Å². The van der Waals surface area contributed by atoms with Gasteiger partial charge in [-0.15, -0.1) is 0 Å². The van der Waals surface area contributed by atoms with E-state index in [1.807, 2.05) is 47.4 Å². The molecule has 0 aromatic heterocycles. The Morgan fingerprint density at radius 2 is 1.33 bits per heavy atom. The van der Waals surface area contributed by atoms with Gasteiger partial charge in [0.2, 0.25) is 5.91 Å². The lowest BCUT2D eigenvalue weighted by molar-refractivity contribution is -0.118. The van der Waals surface area contributed by atoms with Gasteiger partial charge < -0.3 is 15.3 Å². The van der Waals surface area contributed by atoms with Crippen LogP contribution in [0.5, 0.6) is 5.75 Å². The molecule has 4 nitrogen and oxygen atoms in total. The van der Waals surface area contributed by atoms with Crippen molar-refractivity contribution in [2.24, 2.45) is 11.3 Å². The van der Waals surface area contributed by atoms with E-state index in [1.54, 1.807) is 0 Å². The monoisotopic (exact) mass is 570 g/mol. The van der Waals surface area contributed by atoms with E-state index in [0.29, 0.717) is 31.1 Å². The van der Waals surface area contributed by atoms with Gasteiger partial charge in [0.1, 0.15) is 5.75 Å². The van der Waals surface area contributed by atoms with Crippen molar-refractivity contribution < 1.29 is 9.90 Å². The fourth-order valence-corrected chi connectivity index (χ4v) is 5.21. The summed E-state index contributed by atoms with van der Waals surface area (Å²) in [6, 6.07) is 22.5. The van der Waals surface area contributed by atoms with Crippen molar-refractivity contribution in [2.75, 3.05) is 16.8 Å². The Labute approximate surface area is 255 Å². The van der Waals surface area contributed by atoms with Crippen LogP contribution in [0.15, 0.2) is 66.7 Å². The summed E-state index contributed by atoms with van der Waals surface area (Å²) in [6.45, 7) is 22.5. The van der Waals surface area contributed by atoms with Crippen LogP contribution in [0, 0.1) is 11.3 Å². The van der Waals surface area contributed by atoms with E-state index >= 15 is 0 Å². The maximum absolute atomic E-state index is 13.9.